The minimum Gasteiger partial charge on any atom is -0.368 e. The third-order valence-corrected chi connectivity index (χ3v) is 12.5. The van der Waals surface area contributed by atoms with Gasteiger partial charge in [0.15, 0.2) is 6.04 Å². The van der Waals surface area contributed by atoms with Crippen LogP contribution in [0.15, 0.2) is 180 Å². The Morgan fingerprint density at radius 1 is 0.608 bits per heavy atom. The highest BCUT2D eigenvalue weighted by Crippen LogP contribution is 2.26. The fraction of sp³-hybridized carbons (Fsp3) is 0.140. The van der Waals surface area contributed by atoms with E-state index < -0.39 is 17.9 Å². The number of aromatic nitrogens is 8. The number of rotatable bonds is 15. The molecule has 10 aromatic rings. The van der Waals surface area contributed by atoms with Crippen molar-refractivity contribution >= 4 is 50.9 Å². The molecule has 0 saturated carbocycles. The predicted molar refractivity (Wildman–Crippen MR) is 284 cm³/mol. The number of nitrogens with zero attached hydrogens (tertiary/aromatic N) is 7. The fourth-order valence-corrected chi connectivity index (χ4v) is 8.44. The highest BCUT2D eigenvalue weighted by molar-refractivity contribution is 5.99. The van der Waals surface area contributed by atoms with Crippen molar-refractivity contribution in [3.05, 3.63) is 247 Å². The smallest absolute Gasteiger partial charge is 0.253 e. The molecule has 0 saturated heterocycles. The van der Waals surface area contributed by atoms with Crippen LogP contribution in [0.25, 0.3) is 21.8 Å². The monoisotopic (exact) mass is 984 g/mol. The number of benzene rings is 4. The van der Waals surface area contributed by atoms with E-state index in [1.165, 1.54) is 12.3 Å². The van der Waals surface area contributed by atoms with E-state index >= 15 is 0 Å². The number of primary amides is 1. The summed E-state index contributed by atoms with van der Waals surface area (Å²) in [6.45, 7) is 5.30. The molecule has 1 atom stereocenters. The van der Waals surface area contributed by atoms with Crippen LogP contribution in [-0.4, -0.2) is 64.3 Å². The maximum Gasteiger partial charge on any atom is 0.253 e. The summed E-state index contributed by atoms with van der Waals surface area (Å²) in [5.41, 5.74) is 17.0. The van der Waals surface area contributed by atoms with Crippen molar-refractivity contribution in [1.29, 1.82) is 0 Å². The first-order valence-corrected chi connectivity index (χ1v) is 23.7. The Morgan fingerprint density at radius 2 is 1.18 bits per heavy atom. The van der Waals surface area contributed by atoms with E-state index in [9.17, 15) is 24.0 Å². The molecule has 0 bridgehead atoms. The summed E-state index contributed by atoms with van der Waals surface area (Å²) >= 11 is 0. The molecule has 0 aliphatic rings. The van der Waals surface area contributed by atoms with Gasteiger partial charge in [0.2, 0.25) is 5.91 Å². The van der Waals surface area contributed by atoms with Gasteiger partial charge in [0.25, 0.3) is 22.9 Å². The van der Waals surface area contributed by atoms with Crippen LogP contribution >= 0.6 is 0 Å². The lowest BCUT2D eigenvalue weighted by Crippen LogP contribution is -2.38. The number of fused-ring (bicyclic) bond motifs is 2. The molecule has 4 aromatic carbocycles. The number of carbonyl (C=O) groups excluding carboxylic acids is 3. The quantitative estimate of drug-likeness (QED) is 0.0694. The minimum absolute atomic E-state index is 0.0318. The summed E-state index contributed by atoms with van der Waals surface area (Å²) < 4.78 is 3.31. The summed E-state index contributed by atoms with van der Waals surface area (Å²) in [4.78, 5) is 72.6. The molecule has 1 unspecified atom stereocenters. The Balaban J connectivity index is 0.000000182. The number of nitrogens with one attached hydrogen (secondary N) is 4. The second-order valence-electron chi connectivity index (χ2n) is 17.9. The SMILES string of the molecule is Cc1ccc2n[nH]c(C(NC(=O)c3cncc(Cc4ccc(Cn5ccccc5=O)cc4)c3)C(N)=O)c2c1.Cc1ccc2n[nH]c(CNC(=O)c3cncc(N(C)c4ccc(Cn5ccccc5=O)cc4)c3)c2c1. The van der Waals surface area contributed by atoms with Gasteiger partial charge in [0.05, 0.1) is 65.1 Å². The highest BCUT2D eigenvalue weighted by atomic mass is 16.2. The van der Waals surface area contributed by atoms with Gasteiger partial charge in [-0.3, -0.25) is 44.1 Å². The van der Waals surface area contributed by atoms with Gasteiger partial charge in [-0.25, -0.2) is 0 Å². The zero-order valence-electron chi connectivity index (χ0n) is 40.8. The predicted octanol–water partition coefficient (Wildman–Crippen LogP) is 7.20. The van der Waals surface area contributed by atoms with E-state index in [0.717, 1.165) is 66.7 Å². The van der Waals surface area contributed by atoms with Gasteiger partial charge in [-0.1, -0.05) is 71.8 Å². The normalized spacial score (nSPS) is 11.4. The van der Waals surface area contributed by atoms with Gasteiger partial charge in [-0.15, -0.1) is 0 Å². The lowest BCUT2D eigenvalue weighted by atomic mass is 10.0. The van der Waals surface area contributed by atoms with Gasteiger partial charge in [-0.05, 0) is 103 Å². The van der Waals surface area contributed by atoms with Crippen LogP contribution in [0.3, 0.4) is 0 Å². The zero-order chi connectivity index (χ0) is 51.7. The Bertz CT molecular complexity index is 3770. The van der Waals surface area contributed by atoms with Crippen LogP contribution in [0.5, 0.6) is 0 Å². The molecule has 0 spiro atoms. The molecule has 0 aliphatic carbocycles. The van der Waals surface area contributed by atoms with Crippen LogP contribution in [-0.2, 0) is 30.8 Å². The van der Waals surface area contributed by atoms with Gasteiger partial charge >= 0.3 is 0 Å². The number of carbonyl (C=O) groups is 3. The van der Waals surface area contributed by atoms with Gasteiger partial charge in [-0.2, -0.15) is 10.2 Å². The summed E-state index contributed by atoms with van der Waals surface area (Å²) in [6.07, 6.45) is 10.5. The first-order chi connectivity index (χ1) is 35.8. The molecule has 0 fully saturated rings. The van der Waals surface area contributed by atoms with Crippen molar-refractivity contribution in [3.63, 3.8) is 0 Å². The topological polar surface area (TPSA) is 232 Å². The van der Waals surface area contributed by atoms with Crippen LogP contribution in [0.4, 0.5) is 11.4 Å². The van der Waals surface area contributed by atoms with Crippen LogP contribution in [0.2, 0.25) is 0 Å². The molecule has 3 amide bonds. The number of hydrogen-bond donors (Lipinski definition) is 5. The lowest BCUT2D eigenvalue weighted by molar-refractivity contribution is -0.120. The molecular weight excluding hydrogens is 933 g/mol. The number of H-pyrrole nitrogens is 2. The molecule has 74 heavy (non-hydrogen) atoms. The summed E-state index contributed by atoms with van der Waals surface area (Å²) in [5, 5.41) is 21.8. The largest absolute Gasteiger partial charge is 0.368 e. The standard InChI is InChI=1S/C29H26N6O3.C28H26N6O2/c1-18-5-10-24-23(12-18)26(34-33-24)27(28(30)37)32-29(38)22-14-21(15-31-16-22)13-19-6-8-20(9-7-19)17-35-11-3-2-4-25(35)36;1-19-6-11-25-24(13-19)26(32-31-25)17-30-28(36)21-14-23(16-29-15-21)33(2)22-9-7-20(8-10-22)18-34-12-4-3-5-27(34)35/h2-12,14-16,27H,13,17H2,1H3,(H2,30,37)(H,32,38)(H,33,34);3-16H,17-18H2,1-2H3,(H,30,36)(H,31,32). The van der Waals surface area contributed by atoms with Crippen molar-refractivity contribution < 1.29 is 14.4 Å². The number of pyridine rings is 4. The number of aromatic amines is 2. The molecule has 0 radical (unpaired) electrons. The van der Waals surface area contributed by atoms with Crippen molar-refractivity contribution in [2.24, 2.45) is 5.73 Å². The fourth-order valence-electron chi connectivity index (χ4n) is 8.44. The van der Waals surface area contributed by atoms with Crippen molar-refractivity contribution in [2.45, 2.75) is 45.9 Å². The van der Waals surface area contributed by atoms with Gasteiger partial charge in [0, 0.05) is 66.6 Å². The van der Waals surface area contributed by atoms with Gasteiger partial charge in [0.1, 0.15) is 0 Å². The van der Waals surface area contributed by atoms with Crippen LogP contribution in [0.1, 0.15) is 71.5 Å². The summed E-state index contributed by atoms with van der Waals surface area (Å²) in [5.74, 6) is -1.38. The maximum atomic E-state index is 13.1. The first kappa shape index (κ1) is 49.2. The molecule has 6 heterocycles. The number of hydrogen-bond acceptors (Lipinski definition) is 10. The molecule has 10 rings (SSSR count). The second kappa shape index (κ2) is 22.1. The molecule has 0 aliphatic heterocycles. The van der Waals surface area contributed by atoms with E-state index in [-0.39, 0.29) is 17.0 Å². The number of anilines is 2. The molecule has 370 valence electrons. The van der Waals surface area contributed by atoms with E-state index in [0.29, 0.717) is 48.4 Å². The minimum atomic E-state index is -1.08. The highest BCUT2D eigenvalue weighted by Gasteiger charge is 2.25. The zero-order valence-corrected chi connectivity index (χ0v) is 40.8. The van der Waals surface area contributed by atoms with Crippen molar-refractivity contribution in [3.8, 4) is 0 Å². The maximum absolute atomic E-state index is 13.1. The van der Waals surface area contributed by atoms with Gasteiger partial charge < -0.3 is 30.4 Å². The Kier molecular flexibility index (Phi) is 14.7. The second-order valence-corrected chi connectivity index (χ2v) is 17.9. The van der Waals surface area contributed by atoms with Crippen LogP contribution in [0, 0.1) is 13.8 Å². The lowest BCUT2D eigenvalue weighted by Gasteiger charge is -2.20. The molecule has 17 nitrogen and oxygen atoms in total. The third-order valence-electron chi connectivity index (χ3n) is 12.5. The van der Waals surface area contributed by atoms with E-state index in [2.05, 4.69) is 47.1 Å². The van der Waals surface area contributed by atoms with E-state index in [1.807, 2.05) is 123 Å². The number of amides is 3. The van der Waals surface area contributed by atoms with Crippen molar-refractivity contribution in [1.82, 2.24) is 50.1 Å². The van der Waals surface area contributed by atoms with Crippen molar-refractivity contribution in [2.75, 3.05) is 11.9 Å². The average Bonchev–Trinajstić information content (AvgIpc) is 4.02. The Morgan fingerprint density at radius 3 is 1.81 bits per heavy atom. The Hall–Kier alpha value is -9.77. The molecule has 17 heteroatoms. The average molecular weight is 985 g/mol. The molecule has 6 aromatic heterocycles. The third kappa shape index (κ3) is 11.7. The molecular formula is C57H52N12O5. The number of aryl methyl sites for hydroxylation is 2. The summed E-state index contributed by atoms with van der Waals surface area (Å²) in [6, 6.07) is 40.3. The van der Waals surface area contributed by atoms with E-state index in [4.69, 9.17) is 5.73 Å². The van der Waals surface area contributed by atoms with Crippen LogP contribution < -0.4 is 32.4 Å². The first-order valence-electron chi connectivity index (χ1n) is 23.7. The Labute approximate surface area is 424 Å². The molecule has 6 N–H and O–H groups in total. The van der Waals surface area contributed by atoms with E-state index in [1.54, 1.807) is 64.4 Å². The summed E-state index contributed by atoms with van der Waals surface area (Å²) in [7, 11) is 1.93. The number of nitrogens with two attached hydrogens (primary N) is 1.